The number of ketones is 1. The maximum atomic E-state index is 11.4. The van der Waals surface area contributed by atoms with Crippen molar-refractivity contribution in [2.75, 3.05) is 0 Å². The number of aromatic nitrogens is 2. The molecule has 0 unspecified atom stereocenters. The Kier molecular flexibility index (Phi) is 2.19. The van der Waals surface area contributed by atoms with Crippen LogP contribution in [0.3, 0.4) is 0 Å². The minimum absolute atomic E-state index is 0.00866. The fourth-order valence-corrected chi connectivity index (χ4v) is 1.79. The molecule has 0 saturated carbocycles. The lowest BCUT2D eigenvalue weighted by Crippen LogP contribution is -2.00. The van der Waals surface area contributed by atoms with E-state index < -0.39 is 0 Å². The van der Waals surface area contributed by atoms with Gasteiger partial charge in [0.25, 0.3) is 0 Å². The number of carbonyl (C=O) groups excluding carboxylic acids is 1. The van der Waals surface area contributed by atoms with Gasteiger partial charge >= 0.3 is 0 Å². The molecule has 1 aromatic carbocycles. The second-order valence-corrected chi connectivity index (χ2v) is 3.47. The number of Topliss-reactive ketones (excluding diaryl/α,β-unsaturated/α-hetero) is 1. The van der Waals surface area contributed by atoms with E-state index in [9.17, 15) is 9.90 Å². The summed E-state index contributed by atoms with van der Waals surface area (Å²) in [6.07, 6.45) is 2.21. The maximum Gasteiger partial charge on any atom is 0.163 e. The number of nitrogens with zero attached hydrogens (tertiary/aromatic N) is 1. The summed E-state index contributed by atoms with van der Waals surface area (Å²) in [6, 6.07) is 1.84. The number of imidazole rings is 1. The average Bonchev–Trinajstić information content (AvgIpc) is 2.64. The first-order valence-electron chi connectivity index (χ1n) is 4.84. The normalized spacial score (nSPS) is 10.8. The van der Waals surface area contributed by atoms with Gasteiger partial charge in [0, 0.05) is 0 Å². The van der Waals surface area contributed by atoms with Crippen LogP contribution in [0.1, 0.15) is 29.8 Å². The van der Waals surface area contributed by atoms with E-state index in [1.165, 1.54) is 13.3 Å². The lowest BCUT2D eigenvalue weighted by molar-refractivity contribution is 0.101. The summed E-state index contributed by atoms with van der Waals surface area (Å²) in [6.45, 7) is 3.40. The van der Waals surface area contributed by atoms with Crippen molar-refractivity contribution >= 4 is 16.8 Å². The molecule has 0 fully saturated rings. The van der Waals surface area contributed by atoms with E-state index in [1.807, 2.05) is 13.0 Å². The van der Waals surface area contributed by atoms with E-state index in [0.717, 1.165) is 5.56 Å². The monoisotopic (exact) mass is 204 g/mol. The smallest absolute Gasteiger partial charge is 0.163 e. The Labute approximate surface area is 87.0 Å². The third-order valence-electron chi connectivity index (χ3n) is 2.51. The fraction of sp³-hybridized carbons (Fsp3) is 0.273. The second kappa shape index (κ2) is 3.38. The number of aryl methyl sites for hydroxylation is 1. The van der Waals surface area contributed by atoms with Crippen LogP contribution in [0, 0.1) is 0 Å². The summed E-state index contributed by atoms with van der Waals surface area (Å²) < 4.78 is 0. The van der Waals surface area contributed by atoms with E-state index >= 15 is 0 Å². The Morgan fingerprint density at radius 2 is 2.33 bits per heavy atom. The Balaban J connectivity index is 2.85. The molecule has 0 bridgehead atoms. The summed E-state index contributed by atoms with van der Waals surface area (Å²) >= 11 is 0. The largest absolute Gasteiger partial charge is 0.505 e. The molecule has 0 aliphatic rings. The molecule has 0 atom stereocenters. The molecule has 1 aromatic heterocycles. The average molecular weight is 204 g/mol. The molecule has 15 heavy (non-hydrogen) atoms. The number of phenolic OH excluding ortho intramolecular Hbond substituents is 1. The first-order valence-corrected chi connectivity index (χ1v) is 4.84. The van der Waals surface area contributed by atoms with Gasteiger partial charge in [0.05, 0.1) is 17.4 Å². The molecule has 0 radical (unpaired) electrons. The molecule has 0 amide bonds. The van der Waals surface area contributed by atoms with Crippen molar-refractivity contribution in [3.8, 4) is 5.75 Å². The topological polar surface area (TPSA) is 66.0 Å². The second-order valence-electron chi connectivity index (χ2n) is 3.47. The number of aromatic amines is 1. The van der Waals surface area contributed by atoms with Crippen molar-refractivity contribution in [2.24, 2.45) is 0 Å². The standard InChI is InChI=1S/C11H12N2O2/c1-3-7-4-8-10(13-5-12-8)11(15)9(7)6(2)14/h4-5,15H,3H2,1-2H3,(H,12,13). The third kappa shape index (κ3) is 1.38. The van der Waals surface area contributed by atoms with Crippen molar-refractivity contribution < 1.29 is 9.90 Å². The number of rotatable bonds is 2. The predicted molar refractivity (Wildman–Crippen MR) is 57.1 cm³/mol. The van der Waals surface area contributed by atoms with Gasteiger partial charge in [0.1, 0.15) is 5.52 Å². The number of phenols is 1. The molecular formula is C11H12N2O2. The zero-order valence-electron chi connectivity index (χ0n) is 8.66. The Morgan fingerprint density at radius 1 is 1.60 bits per heavy atom. The Hall–Kier alpha value is -1.84. The molecule has 0 saturated heterocycles. The minimum Gasteiger partial charge on any atom is -0.505 e. The van der Waals surface area contributed by atoms with Crippen LogP contribution in [-0.2, 0) is 6.42 Å². The van der Waals surface area contributed by atoms with Crippen LogP contribution in [0.5, 0.6) is 5.75 Å². The molecule has 2 rings (SSSR count). The summed E-state index contributed by atoms with van der Waals surface area (Å²) in [5, 5.41) is 9.93. The molecule has 4 nitrogen and oxygen atoms in total. The van der Waals surface area contributed by atoms with Crippen LogP contribution in [0.2, 0.25) is 0 Å². The van der Waals surface area contributed by atoms with Crippen LogP contribution >= 0.6 is 0 Å². The number of nitrogens with one attached hydrogen (secondary N) is 1. The SMILES string of the molecule is CCc1cc2nc[nH]c2c(O)c1C(C)=O. The van der Waals surface area contributed by atoms with Gasteiger partial charge in [-0.25, -0.2) is 4.98 Å². The molecular weight excluding hydrogens is 192 g/mol. The molecule has 0 aliphatic carbocycles. The molecule has 2 aromatic rings. The van der Waals surface area contributed by atoms with Crippen molar-refractivity contribution in [1.82, 2.24) is 9.97 Å². The highest BCUT2D eigenvalue weighted by Crippen LogP contribution is 2.30. The quantitative estimate of drug-likeness (QED) is 0.735. The number of hydrogen-bond donors (Lipinski definition) is 2. The van der Waals surface area contributed by atoms with Gasteiger partial charge in [-0.3, -0.25) is 4.79 Å². The first kappa shape index (κ1) is 9.71. The lowest BCUT2D eigenvalue weighted by Gasteiger charge is -2.07. The third-order valence-corrected chi connectivity index (χ3v) is 2.51. The number of fused-ring (bicyclic) bond motifs is 1. The lowest BCUT2D eigenvalue weighted by atomic mass is 10.00. The van der Waals surface area contributed by atoms with Gasteiger partial charge in [-0.2, -0.15) is 0 Å². The number of benzene rings is 1. The van der Waals surface area contributed by atoms with Crippen LogP contribution in [0.4, 0.5) is 0 Å². The summed E-state index contributed by atoms with van der Waals surface area (Å²) in [5.74, 6) is -0.116. The Bertz CT molecular complexity index is 529. The molecule has 0 spiro atoms. The minimum atomic E-state index is -0.124. The molecule has 1 heterocycles. The van der Waals surface area contributed by atoms with Gasteiger partial charge in [-0.1, -0.05) is 6.92 Å². The van der Waals surface area contributed by atoms with Crippen molar-refractivity contribution in [2.45, 2.75) is 20.3 Å². The summed E-state index contributed by atoms with van der Waals surface area (Å²) in [5.41, 5.74) is 2.45. The van der Waals surface area contributed by atoms with Crippen molar-refractivity contribution in [1.29, 1.82) is 0 Å². The van der Waals surface area contributed by atoms with Crippen molar-refractivity contribution in [3.63, 3.8) is 0 Å². The van der Waals surface area contributed by atoms with Gasteiger partial charge in [-0.15, -0.1) is 0 Å². The number of carbonyl (C=O) groups is 1. The number of H-pyrrole nitrogens is 1. The van der Waals surface area contributed by atoms with Crippen LogP contribution < -0.4 is 0 Å². The van der Waals surface area contributed by atoms with E-state index in [1.54, 1.807) is 0 Å². The van der Waals surface area contributed by atoms with E-state index in [2.05, 4.69) is 9.97 Å². The molecule has 2 N–H and O–H groups in total. The van der Waals surface area contributed by atoms with Gasteiger partial charge < -0.3 is 10.1 Å². The van der Waals surface area contributed by atoms with Crippen LogP contribution in [0.25, 0.3) is 11.0 Å². The molecule has 4 heteroatoms. The number of hydrogen-bond acceptors (Lipinski definition) is 3. The highest BCUT2D eigenvalue weighted by Gasteiger charge is 2.16. The van der Waals surface area contributed by atoms with E-state index in [-0.39, 0.29) is 11.5 Å². The van der Waals surface area contributed by atoms with Crippen LogP contribution in [-0.4, -0.2) is 20.9 Å². The molecule has 0 aliphatic heterocycles. The zero-order chi connectivity index (χ0) is 11.0. The van der Waals surface area contributed by atoms with Crippen LogP contribution in [0.15, 0.2) is 12.4 Å². The van der Waals surface area contributed by atoms with Crippen molar-refractivity contribution in [3.05, 3.63) is 23.5 Å². The fourth-order valence-electron chi connectivity index (χ4n) is 1.79. The predicted octanol–water partition coefficient (Wildman–Crippen LogP) is 2.03. The highest BCUT2D eigenvalue weighted by molar-refractivity contribution is 6.03. The number of aromatic hydroxyl groups is 1. The van der Waals surface area contributed by atoms with E-state index in [4.69, 9.17) is 0 Å². The Morgan fingerprint density at radius 3 is 2.93 bits per heavy atom. The summed E-state index contributed by atoms with van der Waals surface area (Å²) in [4.78, 5) is 18.3. The highest BCUT2D eigenvalue weighted by atomic mass is 16.3. The van der Waals surface area contributed by atoms with Gasteiger partial charge in [-0.05, 0) is 25.0 Å². The molecule has 78 valence electrons. The van der Waals surface area contributed by atoms with Gasteiger partial charge in [0.2, 0.25) is 0 Å². The van der Waals surface area contributed by atoms with Gasteiger partial charge in [0.15, 0.2) is 11.5 Å². The first-order chi connectivity index (χ1) is 7.15. The maximum absolute atomic E-state index is 11.4. The van der Waals surface area contributed by atoms with E-state index in [0.29, 0.717) is 23.0 Å². The zero-order valence-corrected chi connectivity index (χ0v) is 8.66. The summed E-state index contributed by atoms with van der Waals surface area (Å²) in [7, 11) is 0.